The lowest BCUT2D eigenvalue weighted by molar-refractivity contribution is -0.148. The van der Waals surface area contributed by atoms with Crippen molar-refractivity contribution in [2.75, 3.05) is 6.54 Å². The fraction of sp³-hybridized carbons (Fsp3) is 0.292. The Bertz CT molecular complexity index is 1100. The number of rotatable bonds is 7. The van der Waals surface area contributed by atoms with E-state index in [9.17, 15) is 19.5 Å². The zero-order valence-electron chi connectivity index (χ0n) is 18.4. The van der Waals surface area contributed by atoms with Crippen LogP contribution < -0.4 is 4.74 Å². The number of ether oxygens (including phenoxy) is 1. The van der Waals surface area contributed by atoms with E-state index in [0.29, 0.717) is 27.1 Å². The Balaban J connectivity index is 1.96. The third-order valence-corrected chi connectivity index (χ3v) is 5.55. The van der Waals surface area contributed by atoms with Crippen LogP contribution in [0.4, 0.5) is 0 Å². The van der Waals surface area contributed by atoms with E-state index >= 15 is 0 Å². The Morgan fingerprint density at radius 3 is 2.36 bits per heavy atom. The van der Waals surface area contributed by atoms with Crippen molar-refractivity contribution >= 4 is 46.7 Å². The number of amides is 2. The minimum absolute atomic E-state index is 0.199. The van der Waals surface area contributed by atoms with Gasteiger partial charge in [0.25, 0.3) is 5.91 Å². The highest BCUT2D eigenvalue weighted by Crippen LogP contribution is 2.31. The molecule has 174 valence electrons. The first-order valence-electron chi connectivity index (χ1n) is 10.3. The van der Waals surface area contributed by atoms with E-state index in [1.807, 2.05) is 13.8 Å². The van der Waals surface area contributed by atoms with Crippen LogP contribution in [0.1, 0.15) is 31.9 Å². The Morgan fingerprint density at radius 2 is 1.79 bits per heavy atom. The molecule has 9 heteroatoms. The van der Waals surface area contributed by atoms with Gasteiger partial charge in [-0.3, -0.25) is 19.3 Å². The number of carbonyl (C=O) groups excluding carboxylic acids is 2. The van der Waals surface area contributed by atoms with Crippen LogP contribution >= 0.6 is 23.2 Å². The number of hydrogen-bond donors (Lipinski definition) is 1. The van der Waals surface area contributed by atoms with Gasteiger partial charge in [0.05, 0.1) is 5.70 Å². The minimum Gasteiger partial charge on any atom is -0.489 e. The summed E-state index contributed by atoms with van der Waals surface area (Å²) < 4.78 is 5.87. The third kappa shape index (κ3) is 5.86. The molecule has 0 aliphatic carbocycles. The molecule has 0 bridgehead atoms. The molecule has 0 saturated heterocycles. The normalized spacial score (nSPS) is 16.1. The molecule has 1 N–H and O–H groups in total. The van der Waals surface area contributed by atoms with Crippen molar-refractivity contribution in [3.8, 4) is 5.75 Å². The summed E-state index contributed by atoms with van der Waals surface area (Å²) in [5.74, 6) is -1.61. The van der Waals surface area contributed by atoms with Crippen molar-refractivity contribution in [3.05, 3.63) is 69.8 Å². The molecule has 0 saturated carbocycles. The van der Waals surface area contributed by atoms with Crippen LogP contribution in [0.5, 0.6) is 5.75 Å². The second kappa shape index (κ2) is 10.3. The van der Waals surface area contributed by atoms with Gasteiger partial charge in [0.15, 0.2) is 0 Å². The number of benzene rings is 2. The van der Waals surface area contributed by atoms with Crippen LogP contribution in [-0.2, 0) is 21.0 Å². The van der Waals surface area contributed by atoms with Gasteiger partial charge in [-0.2, -0.15) is 0 Å². The van der Waals surface area contributed by atoms with E-state index in [2.05, 4.69) is 0 Å². The molecule has 2 aromatic carbocycles. The summed E-state index contributed by atoms with van der Waals surface area (Å²) in [4.78, 5) is 39.6. The number of nitrogens with zero attached hydrogens (tertiary/aromatic N) is 2. The smallest absolute Gasteiger partial charge is 0.323 e. The fourth-order valence-electron chi connectivity index (χ4n) is 3.71. The molecule has 0 radical (unpaired) electrons. The van der Waals surface area contributed by atoms with Crippen molar-refractivity contribution in [1.82, 2.24) is 9.80 Å². The van der Waals surface area contributed by atoms with Gasteiger partial charge >= 0.3 is 5.97 Å². The van der Waals surface area contributed by atoms with Gasteiger partial charge in [-0.25, -0.2) is 0 Å². The minimum atomic E-state index is -1.15. The van der Waals surface area contributed by atoms with E-state index in [4.69, 9.17) is 27.9 Å². The second-order valence-corrected chi connectivity index (χ2v) is 8.91. The maximum atomic E-state index is 13.2. The molecular weight excluding hydrogens is 467 g/mol. The zero-order chi connectivity index (χ0) is 24.3. The molecule has 1 aliphatic heterocycles. The van der Waals surface area contributed by atoms with E-state index < -0.39 is 24.5 Å². The standard InChI is InChI=1S/C24H24Cl2N2O5/c1-14(2)23-24(32)28(12-22(30)31)21(11-27(23)15(3)29)17-5-4-6-20(9-17)33-13-16-7-18(25)10-19(26)8-16/h4-11,14,23H,12-13H2,1-3H3,(H,30,31)/t23-/m1/s1. The monoisotopic (exact) mass is 490 g/mol. The van der Waals surface area contributed by atoms with Crippen LogP contribution in [-0.4, -0.2) is 45.3 Å². The quantitative estimate of drug-likeness (QED) is 0.609. The first kappa shape index (κ1) is 24.6. The number of carbonyl (C=O) groups is 3. The summed E-state index contributed by atoms with van der Waals surface area (Å²) in [6.07, 6.45) is 1.53. The summed E-state index contributed by atoms with van der Waals surface area (Å²) in [7, 11) is 0. The number of carboxylic acids is 1. The largest absolute Gasteiger partial charge is 0.489 e. The van der Waals surface area contributed by atoms with E-state index in [1.54, 1.807) is 42.5 Å². The second-order valence-electron chi connectivity index (χ2n) is 8.04. The Morgan fingerprint density at radius 1 is 1.12 bits per heavy atom. The lowest BCUT2D eigenvalue weighted by Gasteiger charge is -2.40. The molecule has 1 atom stereocenters. The Kier molecular flexibility index (Phi) is 7.66. The van der Waals surface area contributed by atoms with Crippen molar-refractivity contribution in [2.45, 2.75) is 33.4 Å². The van der Waals surface area contributed by atoms with Gasteiger partial charge in [-0.15, -0.1) is 0 Å². The summed E-state index contributed by atoms with van der Waals surface area (Å²) in [6, 6.07) is 11.2. The SMILES string of the molecule is CC(=O)N1C=C(c2cccc(OCc3cc(Cl)cc(Cl)c3)c2)N(CC(=O)O)C(=O)[C@H]1C(C)C. The number of carboxylic acid groups (broad SMARTS) is 1. The van der Waals surface area contributed by atoms with Gasteiger partial charge in [-0.05, 0) is 41.8 Å². The lowest BCUT2D eigenvalue weighted by atomic mass is 9.97. The molecule has 0 spiro atoms. The Hall–Kier alpha value is -3.03. The highest BCUT2D eigenvalue weighted by atomic mass is 35.5. The molecule has 3 rings (SSSR count). The van der Waals surface area contributed by atoms with E-state index in [-0.39, 0.29) is 18.4 Å². The highest BCUT2D eigenvalue weighted by molar-refractivity contribution is 6.34. The number of hydrogen-bond acceptors (Lipinski definition) is 4. The first-order valence-corrected chi connectivity index (χ1v) is 11.0. The van der Waals surface area contributed by atoms with Gasteiger partial charge in [-0.1, -0.05) is 49.2 Å². The Labute approximate surface area is 202 Å². The molecule has 0 aromatic heterocycles. The summed E-state index contributed by atoms with van der Waals surface area (Å²) in [5, 5.41) is 10.4. The molecule has 1 aliphatic rings. The van der Waals surface area contributed by atoms with Gasteiger partial charge in [0, 0.05) is 28.7 Å². The molecule has 0 unspecified atom stereocenters. The lowest BCUT2D eigenvalue weighted by Crippen LogP contribution is -2.55. The van der Waals surface area contributed by atoms with Gasteiger partial charge < -0.3 is 14.7 Å². The van der Waals surface area contributed by atoms with Crippen molar-refractivity contribution in [2.24, 2.45) is 5.92 Å². The number of aliphatic carboxylic acids is 1. The molecule has 2 aromatic rings. The first-order chi connectivity index (χ1) is 15.6. The molecule has 0 fully saturated rings. The average Bonchev–Trinajstić information content (AvgIpc) is 2.72. The van der Waals surface area contributed by atoms with E-state index in [1.165, 1.54) is 22.9 Å². The molecular formula is C24H24Cl2N2O5. The maximum Gasteiger partial charge on any atom is 0.323 e. The van der Waals surface area contributed by atoms with Crippen LogP contribution in [0.15, 0.2) is 48.7 Å². The average molecular weight is 491 g/mol. The predicted octanol–water partition coefficient (Wildman–Crippen LogP) is 4.67. The van der Waals surface area contributed by atoms with Crippen LogP contribution in [0.3, 0.4) is 0 Å². The number of halogens is 2. The van der Waals surface area contributed by atoms with Crippen molar-refractivity contribution < 1.29 is 24.2 Å². The molecule has 7 nitrogen and oxygen atoms in total. The fourth-order valence-corrected chi connectivity index (χ4v) is 4.28. The maximum absolute atomic E-state index is 13.2. The third-order valence-electron chi connectivity index (χ3n) is 5.12. The van der Waals surface area contributed by atoms with Crippen molar-refractivity contribution in [3.63, 3.8) is 0 Å². The van der Waals surface area contributed by atoms with Gasteiger partial charge in [0.1, 0.15) is 24.9 Å². The summed E-state index contributed by atoms with van der Waals surface area (Å²) in [5.41, 5.74) is 1.63. The van der Waals surface area contributed by atoms with Crippen LogP contribution in [0.25, 0.3) is 5.70 Å². The predicted molar refractivity (Wildman–Crippen MR) is 126 cm³/mol. The molecule has 1 heterocycles. The van der Waals surface area contributed by atoms with Crippen molar-refractivity contribution in [1.29, 1.82) is 0 Å². The summed E-state index contributed by atoms with van der Waals surface area (Å²) in [6.45, 7) is 4.68. The van der Waals surface area contributed by atoms with Gasteiger partial charge in [0.2, 0.25) is 5.91 Å². The summed E-state index contributed by atoms with van der Waals surface area (Å²) >= 11 is 12.1. The van der Waals surface area contributed by atoms with Crippen LogP contribution in [0, 0.1) is 5.92 Å². The van der Waals surface area contributed by atoms with E-state index in [0.717, 1.165) is 5.56 Å². The highest BCUT2D eigenvalue weighted by Gasteiger charge is 2.40. The zero-order valence-corrected chi connectivity index (χ0v) is 19.9. The molecule has 2 amide bonds. The topological polar surface area (TPSA) is 87.2 Å². The van der Waals surface area contributed by atoms with Crippen LogP contribution in [0.2, 0.25) is 10.0 Å². The molecule has 33 heavy (non-hydrogen) atoms.